The van der Waals surface area contributed by atoms with E-state index in [0.29, 0.717) is 0 Å². The summed E-state index contributed by atoms with van der Waals surface area (Å²) in [6.45, 7) is 2.12. The van der Waals surface area contributed by atoms with Gasteiger partial charge in [0.15, 0.2) is 0 Å². The van der Waals surface area contributed by atoms with Gasteiger partial charge in [0.05, 0.1) is 0 Å². The van der Waals surface area contributed by atoms with Crippen molar-refractivity contribution in [1.82, 2.24) is 0 Å². The van der Waals surface area contributed by atoms with E-state index in [0.717, 1.165) is 0 Å². The van der Waals surface area contributed by atoms with Crippen LogP contribution in [0.2, 0.25) is 0 Å². The zero-order valence-corrected chi connectivity index (χ0v) is 7.77. The molecule has 0 radical (unpaired) electrons. The van der Waals surface area contributed by atoms with E-state index in [1.54, 1.807) is 0 Å². The second kappa shape index (κ2) is 3.59. The van der Waals surface area contributed by atoms with Crippen LogP contribution in [0.15, 0.2) is 42.5 Å². The van der Waals surface area contributed by atoms with Gasteiger partial charge in [-0.1, -0.05) is 48.0 Å². The number of benzene rings is 2. The molecule has 1 heteroatoms. The topological polar surface area (TPSA) is 0 Å². The van der Waals surface area contributed by atoms with Crippen molar-refractivity contribution in [2.45, 2.75) is 6.92 Å². The molecule has 12 heavy (non-hydrogen) atoms. The van der Waals surface area contributed by atoms with Crippen LogP contribution in [-0.2, 0) is 0 Å². The molecule has 2 rings (SSSR count). The smallest absolute Gasteiger partial charge is 0.0181 e. The highest BCUT2D eigenvalue weighted by Gasteiger charge is 1.89. The molecular weight excluding hydrogens is 168 g/mol. The van der Waals surface area contributed by atoms with Crippen LogP contribution in [0.5, 0.6) is 0 Å². The third-order valence-electron chi connectivity index (χ3n) is 1.90. The summed E-state index contributed by atoms with van der Waals surface area (Å²) < 4.78 is 0. The van der Waals surface area contributed by atoms with E-state index in [1.165, 1.54) is 16.3 Å². The maximum absolute atomic E-state index is 2.20. The predicted molar refractivity (Wildman–Crippen MR) is 55.9 cm³/mol. The number of fused-ring (bicyclic) bond motifs is 1. The minimum atomic E-state index is 0. The van der Waals surface area contributed by atoms with Gasteiger partial charge in [-0.05, 0) is 17.7 Å². The zero-order valence-electron chi connectivity index (χ0n) is 6.95. The molecule has 2 aromatic rings. The van der Waals surface area contributed by atoms with E-state index in [1.807, 2.05) is 0 Å². The number of rotatable bonds is 0. The standard InChI is InChI=1S/C11H10.ClH/c1-9-6-7-10-4-2-3-5-11(10)8-9;/h2-8H,1H3;1H. The number of hydrogen-bond acceptors (Lipinski definition) is 0. The predicted octanol–water partition coefficient (Wildman–Crippen LogP) is 3.57. The largest absolute Gasteiger partial charge is 0.147 e. The molecule has 0 bridgehead atoms. The molecule has 2 aromatic carbocycles. The highest BCUT2D eigenvalue weighted by molar-refractivity contribution is 5.85. The molecule has 0 N–H and O–H groups in total. The molecule has 0 saturated heterocycles. The van der Waals surface area contributed by atoms with Gasteiger partial charge in [0.1, 0.15) is 0 Å². The molecule has 0 nitrogen and oxygen atoms in total. The van der Waals surface area contributed by atoms with Gasteiger partial charge in [-0.3, -0.25) is 0 Å². The van der Waals surface area contributed by atoms with Crippen LogP contribution in [0.3, 0.4) is 0 Å². The molecule has 0 fully saturated rings. The molecule has 0 atom stereocenters. The monoisotopic (exact) mass is 178 g/mol. The van der Waals surface area contributed by atoms with Crippen molar-refractivity contribution in [2.24, 2.45) is 0 Å². The Bertz CT molecular complexity index is 379. The summed E-state index contributed by atoms with van der Waals surface area (Å²) in [5, 5.41) is 2.64. The van der Waals surface area contributed by atoms with Crippen molar-refractivity contribution in [2.75, 3.05) is 0 Å². The fraction of sp³-hybridized carbons (Fsp3) is 0.0909. The SMILES string of the molecule is Cc1ccc2ccccc2c1.Cl. The van der Waals surface area contributed by atoms with Gasteiger partial charge in [-0.2, -0.15) is 0 Å². The van der Waals surface area contributed by atoms with Crippen molar-refractivity contribution in [1.29, 1.82) is 0 Å². The first kappa shape index (κ1) is 9.08. The summed E-state index contributed by atoms with van der Waals surface area (Å²) in [7, 11) is 0. The van der Waals surface area contributed by atoms with Crippen molar-refractivity contribution in [3.8, 4) is 0 Å². The Kier molecular flexibility index (Phi) is 2.72. The quantitative estimate of drug-likeness (QED) is 0.579. The Morgan fingerprint density at radius 1 is 0.833 bits per heavy atom. The fourth-order valence-corrected chi connectivity index (χ4v) is 1.31. The first-order chi connectivity index (χ1) is 5.36. The number of halogens is 1. The van der Waals surface area contributed by atoms with Gasteiger partial charge in [-0.25, -0.2) is 0 Å². The van der Waals surface area contributed by atoms with Gasteiger partial charge in [0.2, 0.25) is 0 Å². The minimum absolute atomic E-state index is 0. The zero-order chi connectivity index (χ0) is 7.68. The first-order valence-corrected chi connectivity index (χ1v) is 3.82. The molecule has 0 aliphatic carbocycles. The average molecular weight is 179 g/mol. The molecular formula is C11H11Cl. The summed E-state index contributed by atoms with van der Waals surface area (Å²) in [5.41, 5.74) is 1.32. The lowest BCUT2D eigenvalue weighted by Crippen LogP contribution is -1.73. The lowest BCUT2D eigenvalue weighted by Gasteiger charge is -1.96. The third-order valence-corrected chi connectivity index (χ3v) is 1.90. The lowest BCUT2D eigenvalue weighted by atomic mass is 10.1. The molecule has 0 unspecified atom stereocenters. The Hall–Kier alpha value is -1.01. The third kappa shape index (κ3) is 1.59. The highest BCUT2D eigenvalue weighted by Crippen LogP contribution is 2.14. The van der Waals surface area contributed by atoms with E-state index < -0.39 is 0 Å². The first-order valence-electron chi connectivity index (χ1n) is 3.82. The average Bonchev–Trinajstić information content (AvgIpc) is 2.04. The van der Waals surface area contributed by atoms with E-state index in [4.69, 9.17) is 0 Å². The lowest BCUT2D eigenvalue weighted by molar-refractivity contribution is 1.51. The summed E-state index contributed by atoms with van der Waals surface area (Å²) in [6.07, 6.45) is 0. The van der Waals surface area contributed by atoms with Crippen LogP contribution in [-0.4, -0.2) is 0 Å². The van der Waals surface area contributed by atoms with E-state index in [9.17, 15) is 0 Å². The highest BCUT2D eigenvalue weighted by atomic mass is 35.5. The molecule has 0 aliphatic rings. The molecule has 0 saturated carbocycles. The number of aryl methyl sites for hydroxylation is 1. The minimum Gasteiger partial charge on any atom is -0.147 e. The van der Waals surface area contributed by atoms with Gasteiger partial charge in [-0.15, -0.1) is 12.4 Å². The van der Waals surface area contributed by atoms with E-state index >= 15 is 0 Å². The van der Waals surface area contributed by atoms with Crippen LogP contribution >= 0.6 is 12.4 Å². The van der Waals surface area contributed by atoms with Gasteiger partial charge < -0.3 is 0 Å². The molecule has 62 valence electrons. The summed E-state index contributed by atoms with van der Waals surface area (Å²) in [6, 6.07) is 14.9. The van der Waals surface area contributed by atoms with Crippen molar-refractivity contribution >= 4 is 23.2 Å². The maximum Gasteiger partial charge on any atom is -0.0181 e. The Morgan fingerprint density at radius 2 is 1.50 bits per heavy atom. The second-order valence-electron chi connectivity index (χ2n) is 2.85. The fourth-order valence-electron chi connectivity index (χ4n) is 1.31. The molecule has 0 spiro atoms. The van der Waals surface area contributed by atoms with Crippen LogP contribution < -0.4 is 0 Å². The van der Waals surface area contributed by atoms with Crippen LogP contribution in [0.1, 0.15) is 5.56 Å². The second-order valence-corrected chi connectivity index (χ2v) is 2.85. The molecule has 0 amide bonds. The Morgan fingerprint density at radius 3 is 2.25 bits per heavy atom. The van der Waals surface area contributed by atoms with Gasteiger partial charge in [0, 0.05) is 0 Å². The summed E-state index contributed by atoms with van der Waals surface area (Å²) >= 11 is 0. The van der Waals surface area contributed by atoms with Gasteiger partial charge >= 0.3 is 0 Å². The van der Waals surface area contributed by atoms with E-state index in [2.05, 4.69) is 49.4 Å². The van der Waals surface area contributed by atoms with Crippen LogP contribution in [0.25, 0.3) is 10.8 Å². The summed E-state index contributed by atoms with van der Waals surface area (Å²) in [4.78, 5) is 0. The van der Waals surface area contributed by atoms with Crippen LogP contribution in [0, 0.1) is 6.92 Å². The molecule has 0 aliphatic heterocycles. The number of hydrogen-bond donors (Lipinski definition) is 0. The van der Waals surface area contributed by atoms with Crippen molar-refractivity contribution in [3.63, 3.8) is 0 Å². The Labute approximate surface area is 78.6 Å². The normalized spacial score (nSPS) is 9.42. The van der Waals surface area contributed by atoms with Crippen molar-refractivity contribution in [3.05, 3.63) is 48.0 Å². The van der Waals surface area contributed by atoms with Crippen molar-refractivity contribution < 1.29 is 0 Å². The van der Waals surface area contributed by atoms with Crippen LogP contribution in [0.4, 0.5) is 0 Å². The van der Waals surface area contributed by atoms with E-state index in [-0.39, 0.29) is 12.4 Å². The van der Waals surface area contributed by atoms with Gasteiger partial charge in [0.25, 0.3) is 0 Å². The maximum atomic E-state index is 2.20. The molecule has 0 heterocycles. The molecule has 0 aromatic heterocycles. The Balaban J connectivity index is 0.000000720. The summed E-state index contributed by atoms with van der Waals surface area (Å²) in [5.74, 6) is 0.